The van der Waals surface area contributed by atoms with E-state index in [1.807, 2.05) is 30.3 Å². The minimum absolute atomic E-state index is 0. The molecule has 0 radical (unpaired) electrons. The number of hydrogen-bond donors (Lipinski definition) is 0. The van der Waals surface area contributed by atoms with Gasteiger partial charge in [0, 0.05) is 19.5 Å². The van der Waals surface area contributed by atoms with E-state index in [0.717, 1.165) is 0 Å². The van der Waals surface area contributed by atoms with Crippen LogP contribution in [0.5, 0.6) is 0 Å². The van der Waals surface area contributed by atoms with Gasteiger partial charge in [0.25, 0.3) is 0 Å². The van der Waals surface area contributed by atoms with Crippen molar-refractivity contribution in [1.82, 2.24) is 0 Å². The standard InChI is InChI=1S/C9H14P.C5H5.Ru/c1-3-10(4-2)9-7-5-6-8-9;1-2-4-5-3-1;/h5-8H,3-4H2,1-2H3;1-5H;/q-1;-5;. The van der Waals surface area contributed by atoms with Crippen LogP contribution in [0.15, 0.2) is 54.6 Å². The molecule has 16 heavy (non-hydrogen) atoms. The zero-order chi connectivity index (χ0) is 10.9. The Kier molecular flexibility index (Phi) is 9.79. The van der Waals surface area contributed by atoms with Crippen LogP contribution in [-0.4, -0.2) is 12.3 Å². The van der Waals surface area contributed by atoms with E-state index in [1.165, 1.54) is 12.3 Å². The molecular weight excluding hydrogens is 300 g/mol. The Morgan fingerprint density at radius 1 is 0.875 bits per heavy atom. The van der Waals surface area contributed by atoms with Crippen LogP contribution in [0.25, 0.3) is 0 Å². The summed E-state index contributed by atoms with van der Waals surface area (Å²) in [5, 5.41) is 1.57. The summed E-state index contributed by atoms with van der Waals surface area (Å²) in [6, 6.07) is 18.8. The minimum Gasteiger partial charge on any atom is -0.748 e. The van der Waals surface area contributed by atoms with Gasteiger partial charge in [0.05, 0.1) is 0 Å². The minimum atomic E-state index is 0. The summed E-state index contributed by atoms with van der Waals surface area (Å²) in [6.45, 7) is 4.56. The summed E-state index contributed by atoms with van der Waals surface area (Å²) in [5.74, 6) is 0. The van der Waals surface area contributed by atoms with Crippen LogP contribution in [0.4, 0.5) is 0 Å². The van der Waals surface area contributed by atoms with Crippen molar-refractivity contribution < 1.29 is 19.5 Å². The van der Waals surface area contributed by atoms with Gasteiger partial charge in [-0.1, -0.05) is 13.8 Å². The number of rotatable bonds is 3. The summed E-state index contributed by atoms with van der Waals surface area (Å²) in [7, 11) is 0.186. The molecule has 0 spiro atoms. The third kappa shape index (κ3) is 5.73. The van der Waals surface area contributed by atoms with E-state index in [-0.39, 0.29) is 27.4 Å². The van der Waals surface area contributed by atoms with E-state index in [4.69, 9.17) is 0 Å². The normalized spacial score (nSPS) is 9.19. The first-order valence-electron chi connectivity index (χ1n) is 5.51. The average molecular weight is 319 g/mol. The summed E-state index contributed by atoms with van der Waals surface area (Å²) in [6.07, 6.45) is 2.66. The second-order valence-electron chi connectivity index (χ2n) is 3.28. The first-order valence-corrected chi connectivity index (χ1v) is 7.23. The molecule has 0 fully saturated rings. The molecule has 0 aromatic heterocycles. The molecule has 0 bridgehead atoms. The maximum Gasteiger partial charge on any atom is 0 e. The Balaban J connectivity index is 0.000000318. The molecule has 0 nitrogen and oxygen atoms in total. The Bertz CT molecular complexity index is 289. The SMILES string of the molecule is CCP(CC)[c-]1cccc1.[Ru].[cH-]1[cH-][cH-][cH-][cH-]1. The Morgan fingerprint density at radius 2 is 1.25 bits per heavy atom. The molecule has 0 N–H and O–H groups in total. The van der Waals surface area contributed by atoms with Crippen molar-refractivity contribution in [2.45, 2.75) is 13.8 Å². The first kappa shape index (κ1) is 15.8. The summed E-state index contributed by atoms with van der Waals surface area (Å²) >= 11 is 0. The maximum absolute atomic E-state index is 2.28. The molecule has 94 valence electrons. The molecule has 0 saturated carbocycles. The average Bonchev–Trinajstić information content (AvgIpc) is 2.96. The molecule has 2 aromatic carbocycles. The fourth-order valence-corrected chi connectivity index (χ4v) is 3.26. The van der Waals surface area contributed by atoms with Gasteiger partial charge in [-0.3, -0.25) is 0 Å². The van der Waals surface area contributed by atoms with Crippen molar-refractivity contribution in [3.63, 3.8) is 0 Å². The van der Waals surface area contributed by atoms with Gasteiger partial charge in [0.15, 0.2) is 0 Å². The third-order valence-corrected chi connectivity index (χ3v) is 4.88. The fraction of sp³-hybridized carbons (Fsp3) is 0.286. The summed E-state index contributed by atoms with van der Waals surface area (Å²) in [4.78, 5) is 0. The second-order valence-corrected chi connectivity index (χ2v) is 6.14. The Morgan fingerprint density at radius 3 is 1.56 bits per heavy atom. The van der Waals surface area contributed by atoms with E-state index in [0.29, 0.717) is 0 Å². The van der Waals surface area contributed by atoms with E-state index in [1.54, 1.807) is 5.30 Å². The van der Waals surface area contributed by atoms with E-state index in [2.05, 4.69) is 38.1 Å². The smallest absolute Gasteiger partial charge is 0 e. The molecule has 0 unspecified atom stereocenters. The second kappa shape index (κ2) is 9.94. The van der Waals surface area contributed by atoms with Gasteiger partial charge in [-0.05, 0) is 12.3 Å². The molecule has 2 aromatic rings. The Labute approximate surface area is 113 Å². The van der Waals surface area contributed by atoms with Gasteiger partial charge in [0.1, 0.15) is 0 Å². The molecule has 2 heteroatoms. The molecule has 0 aliphatic heterocycles. The van der Waals surface area contributed by atoms with E-state index >= 15 is 0 Å². The predicted octanol–water partition coefficient (Wildman–Crippen LogP) is 3.96. The topological polar surface area (TPSA) is 0 Å². The van der Waals surface area contributed by atoms with Gasteiger partial charge in [0.2, 0.25) is 0 Å². The molecule has 0 heterocycles. The van der Waals surface area contributed by atoms with Gasteiger partial charge >= 0.3 is 0 Å². The van der Waals surface area contributed by atoms with Crippen LogP contribution in [0.2, 0.25) is 0 Å². The zero-order valence-corrected chi connectivity index (χ0v) is 12.5. The van der Waals surface area contributed by atoms with E-state index < -0.39 is 0 Å². The van der Waals surface area contributed by atoms with Crippen molar-refractivity contribution >= 4 is 13.2 Å². The fourth-order valence-electron chi connectivity index (χ4n) is 1.48. The Hall–Kier alpha value is -0.247. The molecule has 0 aliphatic rings. The number of hydrogen-bond acceptors (Lipinski definition) is 0. The third-order valence-electron chi connectivity index (χ3n) is 2.33. The van der Waals surface area contributed by atoms with E-state index in [9.17, 15) is 0 Å². The molecule has 0 atom stereocenters. The van der Waals surface area contributed by atoms with Gasteiger partial charge < -0.3 is 30.3 Å². The van der Waals surface area contributed by atoms with Gasteiger partial charge in [-0.2, -0.15) is 12.1 Å². The van der Waals surface area contributed by atoms with Crippen molar-refractivity contribution in [2.75, 3.05) is 12.3 Å². The van der Waals surface area contributed by atoms with Crippen LogP contribution < -0.4 is 5.30 Å². The van der Waals surface area contributed by atoms with Crippen molar-refractivity contribution in [2.24, 2.45) is 0 Å². The molecule has 2 rings (SSSR count). The van der Waals surface area contributed by atoms with Crippen molar-refractivity contribution in [3.05, 3.63) is 54.6 Å². The summed E-state index contributed by atoms with van der Waals surface area (Å²) < 4.78 is 0. The predicted molar refractivity (Wildman–Crippen MR) is 71.7 cm³/mol. The largest absolute Gasteiger partial charge is 0.748 e. The van der Waals surface area contributed by atoms with Crippen LogP contribution >= 0.6 is 7.92 Å². The van der Waals surface area contributed by atoms with Crippen molar-refractivity contribution in [3.8, 4) is 0 Å². The van der Waals surface area contributed by atoms with Gasteiger partial charge in [-0.15, -0.1) is 13.2 Å². The quantitative estimate of drug-likeness (QED) is 0.456. The molecule has 0 saturated heterocycles. The molecule has 0 amide bonds. The summed E-state index contributed by atoms with van der Waals surface area (Å²) in [5.41, 5.74) is 0. The zero-order valence-electron chi connectivity index (χ0n) is 9.91. The first-order chi connectivity index (χ1) is 7.38. The van der Waals surface area contributed by atoms with Crippen LogP contribution in [-0.2, 0) is 19.5 Å². The molecular formula is C14H19PRu-6. The van der Waals surface area contributed by atoms with Gasteiger partial charge in [-0.25, -0.2) is 12.1 Å². The molecule has 0 aliphatic carbocycles. The van der Waals surface area contributed by atoms with Crippen LogP contribution in [0.3, 0.4) is 0 Å². The monoisotopic (exact) mass is 320 g/mol. The van der Waals surface area contributed by atoms with Crippen molar-refractivity contribution in [1.29, 1.82) is 0 Å². The maximum atomic E-state index is 2.28. The van der Waals surface area contributed by atoms with Crippen LogP contribution in [0.1, 0.15) is 13.8 Å². The van der Waals surface area contributed by atoms with Crippen LogP contribution in [0, 0.1) is 0 Å².